The van der Waals surface area contributed by atoms with Crippen molar-refractivity contribution in [1.82, 2.24) is 9.88 Å². The van der Waals surface area contributed by atoms with Crippen LogP contribution >= 0.6 is 0 Å². The maximum absolute atomic E-state index is 13.6. The number of rotatable bonds is 3. The summed E-state index contributed by atoms with van der Waals surface area (Å²) in [6, 6.07) is 1.54. The van der Waals surface area contributed by atoms with Crippen LogP contribution in [-0.4, -0.2) is 35.5 Å². The quantitative estimate of drug-likeness (QED) is 0.497. The third-order valence-corrected chi connectivity index (χ3v) is 9.60. The van der Waals surface area contributed by atoms with E-state index in [-0.39, 0.29) is 16.9 Å². The lowest BCUT2D eigenvalue weighted by Gasteiger charge is -2.37. The number of pyridine rings is 1. The van der Waals surface area contributed by atoms with Gasteiger partial charge in [0.2, 0.25) is 5.91 Å². The Labute approximate surface area is 209 Å². The second-order valence-corrected chi connectivity index (χ2v) is 12.3. The fourth-order valence-corrected chi connectivity index (χ4v) is 7.46. The zero-order valence-electron chi connectivity index (χ0n) is 21.7. The number of nitrogens with zero attached hydrogens (tertiary/aromatic N) is 2. The molecule has 3 aliphatic carbocycles. The highest BCUT2D eigenvalue weighted by molar-refractivity contribution is 5.84. The first-order valence-corrected chi connectivity index (χ1v) is 13.9. The summed E-state index contributed by atoms with van der Waals surface area (Å²) >= 11 is 0. The molecule has 0 N–H and O–H groups in total. The van der Waals surface area contributed by atoms with E-state index in [1.807, 2.05) is 4.90 Å². The number of aromatic nitrogens is 1. The summed E-state index contributed by atoms with van der Waals surface area (Å²) in [6.07, 6.45) is 11.6. The van der Waals surface area contributed by atoms with Crippen LogP contribution in [0.25, 0.3) is 0 Å². The van der Waals surface area contributed by atoms with Crippen molar-refractivity contribution in [2.75, 3.05) is 19.8 Å². The molecule has 1 amide bonds. The van der Waals surface area contributed by atoms with Crippen molar-refractivity contribution < 1.29 is 18.3 Å². The Morgan fingerprint density at radius 1 is 1.23 bits per heavy atom. The van der Waals surface area contributed by atoms with E-state index in [0.29, 0.717) is 31.3 Å². The molecule has 4 nitrogen and oxygen atoms in total. The summed E-state index contributed by atoms with van der Waals surface area (Å²) in [5.74, 6) is 1.37. The molecule has 5 atom stereocenters. The lowest BCUT2D eigenvalue weighted by Crippen LogP contribution is -2.46. The topological polar surface area (TPSA) is 42.4 Å². The third-order valence-electron chi connectivity index (χ3n) is 9.60. The van der Waals surface area contributed by atoms with Crippen molar-refractivity contribution in [1.29, 1.82) is 0 Å². The van der Waals surface area contributed by atoms with E-state index in [2.05, 4.69) is 18.8 Å². The Morgan fingerprint density at radius 2 is 2.03 bits per heavy atom. The zero-order chi connectivity index (χ0) is 24.8. The van der Waals surface area contributed by atoms with Gasteiger partial charge in [0.15, 0.2) is 0 Å². The van der Waals surface area contributed by atoms with Gasteiger partial charge in [-0.1, -0.05) is 20.3 Å². The number of hydrogen-bond acceptors (Lipinski definition) is 3. The zero-order valence-corrected chi connectivity index (χ0v) is 21.7. The van der Waals surface area contributed by atoms with Gasteiger partial charge < -0.3 is 9.64 Å². The highest BCUT2D eigenvalue weighted by atomic mass is 19.3. The molecule has 3 saturated carbocycles. The van der Waals surface area contributed by atoms with Crippen LogP contribution in [0.4, 0.5) is 8.78 Å². The molecule has 0 radical (unpaired) electrons. The number of ether oxygens (including phenoxy) is 1. The highest BCUT2D eigenvalue weighted by Crippen LogP contribution is 2.57. The van der Waals surface area contributed by atoms with Crippen molar-refractivity contribution >= 4 is 5.91 Å². The Bertz CT molecular complexity index is 928. The second-order valence-electron chi connectivity index (χ2n) is 12.3. The van der Waals surface area contributed by atoms with E-state index in [0.717, 1.165) is 81.3 Å². The van der Waals surface area contributed by atoms with Gasteiger partial charge in [0.1, 0.15) is 0 Å². The summed E-state index contributed by atoms with van der Waals surface area (Å²) in [6.45, 7) is 8.65. The van der Waals surface area contributed by atoms with Crippen LogP contribution in [0.15, 0.2) is 12.3 Å². The van der Waals surface area contributed by atoms with E-state index < -0.39 is 5.92 Å². The standard InChI is InChI=1S/C20H26F2N2O.C9H16O/c1-13-8-15-4-3-6-20(15,10-13)18(25)24-7-5-17-14(12-24)9-16(11-23-17)19(2,21)22;1-7-4-5-10-6-9(7)8-2-3-8/h9,11,13,15H,3-8,10,12H2,1-2H3;7-9H,2-6H2,1H3/t;7?,9-/m.0/s1. The first-order chi connectivity index (χ1) is 16.7. The second kappa shape index (κ2) is 9.72. The Balaban J connectivity index is 0.000000211. The molecule has 1 aromatic heterocycles. The van der Waals surface area contributed by atoms with E-state index in [1.165, 1.54) is 25.5 Å². The molecule has 0 bridgehead atoms. The summed E-state index contributed by atoms with van der Waals surface area (Å²) in [5, 5.41) is 0. The first-order valence-electron chi connectivity index (χ1n) is 13.9. The maximum Gasteiger partial charge on any atom is 0.272 e. The van der Waals surface area contributed by atoms with Gasteiger partial charge >= 0.3 is 0 Å². The summed E-state index contributed by atoms with van der Waals surface area (Å²) in [7, 11) is 0. The van der Waals surface area contributed by atoms with E-state index >= 15 is 0 Å². The number of carbonyl (C=O) groups excluding carboxylic acids is 1. The predicted molar refractivity (Wildman–Crippen MR) is 132 cm³/mol. The van der Waals surface area contributed by atoms with Gasteiger partial charge in [-0.25, -0.2) is 8.78 Å². The average Bonchev–Trinajstić information content (AvgIpc) is 3.51. The molecular formula is C29H42F2N2O2. The Hall–Kier alpha value is -1.56. The molecule has 0 aromatic carbocycles. The summed E-state index contributed by atoms with van der Waals surface area (Å²) in [5.41, 5.74) is 1.40. The maximum atomic E-state index is 13.6. The van der Waals surface area contributed by atoms with Crippen molar-refractivity contribution in [2.45, 2.75) is 91.0 Å². The van der Waals surface area contributed by atoms with Crippen LogP contribution in [0.1, 0.15) is 89.0 Å². The summed E-state index contributed by atoms with van der Waals surface area (Å²) < 4.78 is 32.7. The average molecular weight is 489 g/mol. The lowest BCUT2D eigenvalue weighted by atomic mass is 9.78. The van der Waals surface area contributed by atoms with E-state index in [4.69, 9.17) is 4.74 Å². The third kappa shape index (κ3) is 5.14. The van der Waals surface area contributed by atoms with Crippen LogP contribution < -0.4 is 0 Å². The van der Waals surface area contributed by atoms with E-state index in [9.17, 15) is 13.6 Å². The molecule has 1 saturated heterocycles. The van der Waals surface area contributed by atoms with Gasteiger partial charge in [0.25, 0.3) is 5.92 Å². The van der Waals surface area contributed by atoms with Crippen molar-refractivity contribution in [3.05, 3.63) is 29.1 Å². The lowest BCUT2D eigenvalue weighted by molar-refractivity contribution is -0.144. The number of halogens is 2. The molecule has 35 heavy (non-hydrogen) atoms. The fraction of sp³-hybridized carbons (Fsp3) is 0.793. The molecule has 6 heteroatoms. The molecule has 3 heterocycles. The van der Waals surface area contributed by atoms with Gasteiger partial charge in [0, 0.05) is 57.1 Å². The predicted octanol–water partition coefficient (Wildman–Crippen LogP) is 6.36. The minimum atomic E-state index is -2.90. The van der Waals surface area contributed by atoms with Gasteiger partial charge in [-0.15, -0.1) is 0 Å². The van der Waals surface area contributed by atoms with Crippen molar-refractivity contribution in [2.24, 2.45) is 35.0 Å². The minimum Gasteiger partial charge on any atom is -0.381 e. The molecule has 6 rings (SSSR count). The van der Waals surface area contributed by atoms with Gasteiger partial charge in [-0.05, 0) is 86.2 Å². The fourth-order valence-electron chi connectivity index (χ4n) is 7.46. The molecule has 194 valence electrons. The molecule has 4 unspecified atom stereocenters. The van der Waals surface area contributed by atoms with Crippen molar-refractivity contribution in [3.8, 4) is 0 Å². The highest BCUT2D eigenvalue weighted by Gasteiger charge is 2.55. The van der Waals surface area contributed by atoms with Crippen LogP contribution in [0.3, 0.4) is 0 Å². The van der Waals surface area contributed by atoms with Crippen LogP contribution in [0, 0.1) is 35.0 Å². The Kier molecular flexibility index (Phi) is 6.97. The minimum absolute atomic E-state index is 0.0630. The van der Waals surface area contributed by atoms with Crippen LogP contribution in [-0.2, 0) is 28.4 Å². The van der Waals surface area contributed by atoms with E-state index in [1.54, 1.807) is 6.07 Å². The number of alkyl halides is 2. The molecular weight excluding hydrogens is 446 g/mol. The number of amides is 1. The first kappa shape index (κ1) is 25.1. The summed E-state index contributed by atoms with van der Waals surface area (Å²) in [4.78, 5) is 19.5. The largest absolute Gasteiger partial charge is 0.381 e. The van der Waals surface area contributed by atoms with Crippen LogP contribution in [0.2, 0.25) is 0 Å². The van der Waals surface area contributed by atoms with Gasteiger partial charge in [0.05, 0.1) is 5.41 Å². The SMILES string of the molecule is CC1CC2CCCC2(C(=O)N2CCc3ncc(C(C)(F)F)cc3C2)C1.CC1CCOC[C@@H]1C1CC1. The molecule has 4 fully saturated rings. The van der Waals surface area contributed by atoms with Gasteiger partial charge in [-0.2, -0.15) is 0 Å². The normalized spacial score (nSPS) is 34.6. The van der Waals surface area contributed by atoms with Crippen LogP contribution in [0.5, 0.6) is 0 Å². The number of carbonyl (C=O) groups is 1. The Morgan fingerprint density at radius 3 is 2.74 bits per heavy atom. The van der Waals surface area contributed by atoms with Gasteiger partial charge in [-0.3, -0.25) is 9.78 Å². The monoisotopic (exact) mass is 488 g/mol. The molecule has 2 aliphatic heterocycles. The van der Waals surface area contributed by atoms with Crippen molar-refractivity contribution in [3.63, 3.8) is 0 Å². The number of fused-ring (bicyclic) bond motifs is 2. The number of hydrogen-bond donors (Lipinski definition) is 0. The smallest absolute Gasteiger partial charge is 0.272 e. The molecule has 1 aromatic rings. The molecule has 0 spiro atoms. The molecule has 5 aliphatic rings.